The summed E-state index contributed by atoms with van der Waals surface area (Å²) in [5, 5.41) is 0. The third-order valence-corrected chi connectivity index (χ3v) is 8.09. The molecule has 1 atom stereocenters. The third kappa shape index (κ3) is 6.02. The molecule has 3 aliphatic heterocycles. The highest BCUT2D eigenvalue weighted by Crippen LogP contribution is 2.36. The number of ether oxygens (including phenoxy) is 1. The van der Waals surface area contributed by atoms with Gasteiger partial charge in [-0.25, -0.2) is 13.6 Å². The van der Waals surface area contributed by atoms with Crippen LogP contribution in [0.25, 0.3) is 0 Å². The highest BCUT2D eigenvalue weighted by atomic mass is 19.2. The van der Waals surface area contributed by atoms with E-state index in [1.165, 1.54) is 16.5 Å². The fourth-order valence-corrected chi connectivity index (χ4v) is 6.00. The van der Waals surface area contributed by atoms with E-state index in [4.69, 9.17) is 4.74 Å². The number of quaternary nitrogens is 1. The van der Waals surface area contributed by atoms with E-state index in [1.807, 2.05) is 37.3 Å². The van der Waals surface area contributed by atoms with E-state index in [-0.39, 0.29) is 12.6 Å². The molecule has 0 saturated carbocycles. The highest BCUT2D eigenvalue weighted by molar-refractivity contribution is 5.87. The molecule has 0 spiro atoms. The Balaban J connectivity index is 1.28. The fourth-order valence-electron chi connectivity index (χ4n) is 6.00. The maximum atomic E-state index is 13.9. The molecule has 0 radical (unpaired) electrons. The summed E-state index contributed by atoms with van der Waals surface area (Å²) < 4.78 is 34.6. The lowest BCUT2D eigenvalue weighted by molar-refractivity contribution is -0.946. The molecular weight excluding hydrogens is 470 g/mol. The molecular formula is C31H35F2N2O2+. The van der Waals surface area contributed by atoms with Crippen molar-refractivity contribution < 1.29 is 22.8 Å². The van der Waals surface area contributed by atoms with E-state index in [0.29, 0.717) is 17.2 Å². The van der Waals surface area contributed by atoms with Crippen molar-refractivity contribution in [2.75, 3.05) is 31.1 Å². The molecule has 3 aromatic rings. The maximum Gasteiger partial charge on any atom is 0.415 e. The number of carbonyl (C=O) groups is 1. The Kier molecular flexibility index (Phi) is 7.56. The zero-order valence-electron chi connectivity index (χ0n) is 21.4. The predicted octanol–water partition coefficient (Wildman–Crippen LogP) is 6.66. The summed E-state index contributed by atoms with van der Waals surface area (Å²) in [6.45, 7) is 6.29. The number of anilines is 1. The van der Waals surface area contributed by atoms with Crippen LogP contribution >= 0.6 is 0 Å². The monoisotopic (exact) mass is 505 g/mol. The summed E-state index contributed by atoms with van der Waals surface area (Å²) in [7, 11) is 0. The molecule has 0 unspecified atom stereocenters. The number of aryl methyl sites for hydroxylation is 2. The lowest BCUT2D eigenvalue weighted by Gasteiger charge is -2.52. The number of amides is 1. The van der Waals surface area contributed by atoms with Gasteiger partial charge in [-0.15, -0.1) is 0 Å². The Labute approximate surface area is 218 Å². The topological polar surface area (TPSA) is 29.5 Å². The van der Waals surface area contributed by atoms with Gasteiger partial charge in [0.05, 0.1) is 26.2 Å². The Morgan fingerprint density at radius 2 is 1.73 bits per heavy atom. The molecule has 3 heterocycles. The standard InChI is InChI=1S/C31H35F2N2O2/c1-23-7-5-11-27(19-23)34(21-25-12-13-28(32)29(33)20-25)31(36)37-30-22-35(17-14-26(30)15-18-35)16-6-10-24-8-3-2-4-9-24/h2-5,7-9,11-13,19-20,26,30H,6,10,14-18,21-22H2,1H3/q+1/t26?,30-,35?/m0/s1. The summed E-state index contributed by atoms with van der Waals surface area (Å²) >= 11 is 0. The zero-order chi connectivity index (χ0) is 25.8. The second-order valence-corrected chi connectivity index (χ2v) is 10.7. The molecule has 3 aromatic carbocycles. The van der Waals surface area contributed by atoms with Gasteiger partial charge >= 0.3 is 6.09 Å². The Morgan fingerprint density at radius 3 is 2.46 bits per heavy atom. The van der Waals surface area contributed by atoms with Crippen LogP contribution in [0.3, 0.4) is 0 Å². The maximum absolute atomic E-state index is 13.9. The van der Waals surface area contributed by atoms with Crippen molar-refractivity contribution in [2.24, 2.45) is 5.92 Å². The van der Waals surface area contributed by atoms with Crippen LogP contribution in [-0.4, -0.2) is 42.9 Å². The first-order valence-corrected chi connectivity index (χ1v) is 13.3. The molecule has 0 aliphatic carbocycles. The number of halogens is 2. The number of nitrogens with zero attached hydrogens (tertiary/aromatic N) is 2. The van der Waals surface area contributed by atoms with Crippen molar-refractivity contribution in [3.63, 3.8) is 0 Å². The smallest absolute Gasteiger partial charge is 0.415 e. The number of benzene rings is 3. The van der Waals surface area contributed by atoms with E-state index in [0.717, 1.165) is 74.0 Å². The van der Waals surface area contributed by atoms with E-state index < -0.39 is 17.7 Å². The molecule has 37 heavy (non-hydrogen) atoms. The minimum Gasteiger partial charge on any atom is -0.440 e. The van der Waals surface area contributed by atoms with Crippen molar-refractivity contribution in [1.29, 1.82) is 0 Å². The average molecular weight is 506 g/mol. The van der Waals surface area contributed by atoms with Crippen LogP contribution in [0.5, 0.6) is 0 Å². The van der Waals surface area contributed by atoms with Gasteiger partial charge in [0.2, 0.25) is 0 Å². The van der Waals surface area contributed by atoms with Gasteiger partial charge in [0.25, 0.3) is 0 Å². The molecule has 3 saturated heterocycles. The molecule has 4 nitrogen and oxygen atoms in total. The number of piperidine rings is 3. The summed E-state index contributed by atoms with van der Waals surface area (Å²) in [4.78, 5) is 15.1. The summed E-state index contributed by atoms with van der Waals surface area (Å²) in [6.07, 6.45) is 3.74. The third-order valence-electron chi connectivity index (χ3n) is 8.09. The van der Waals surface area contributed by atoms with Crippen molar-refractivity contribution >= 4 is 11.8 Å². The Morgan fingerprint density at radius 1 is 0.946 bits per heavy atom. The lowest BCUT2D eigenvalue weighted by Crippen LogP contribution is -2.65. The number of rotatable bonds is 8. The van der Waals surface area contributed by atoms with E-state index in [2.05, 4.69) is 24.3 Å². The van der Waals surface area contributed by atoms with Gasteiger partial charge in [-0.2, -0.15) is 0 Å². The summed E-state index contributed by atoms with van der Waals surface area (Å²) in [5.74, 6) is -1.45. The zero-order valence-corrected chi connectivity index (χ0v) is 21.4. The van der Waals surface area contributed by atoms with Gasteiger partial charge in [-0.05, 0) is 54.3 Å². The molecule has 194 valence electrons. The van der Waals surface area contributed by atoms with Crippen LogP contribution in [0.4, 0.5) is 19.3 Å². The first kappa shape index (κ1) is 25.4. The van der Waals surface area contributed by atoms with Crippen molar-refractivity contribution in [3.8, 4) is 0 Å². The lowest BCUT2D eigenvalue weighted by atomic mass is 9.83. The normalized spacial score (nSPS) is 22.6. The van der Waals surface area contributed by atoms with Gasteiger partial charge in [-0.3, -0.25) is 4.90 Å². The van der Waals surface area contributed by atoms with E-state index in [1.54, 1.807) is 0 Å². The minimum absolute atomic E-state index is 0.105. The molecule has 3 fully saturated rings. The van der Waals surface area contributed by atoms with Crippen molar-refractivity contribution in [3.05, 3.63) is 101 Å². The fraction of sp³-hybridized carbons (Fsp3) is 0.387. The number of hydrogen-bond donors (Lipinski definition) is 0. The Bertz CT molecular complexity index is 1220. The van der Waals surface area contributed by atoms with E-state index >= 15 is 0 Å². The molecule has 6 rings (SSSR count). The number of carbonyl (C=O) groups excluding carboxylic acids is 1. The van der Waals surface area contributed by atoms with Crippen LogP contribution in [0.1, 0.15) is 36.0 Å². The SMILES string of the molecule is Cc1cccc(N(Cc2ccc(F)c(F)c2)C(=O)O[C@H]2C[N+]3(CCCc4ccccc4)CCC2CC3)c1. The Hall–Kier alpha value is -3.25. The summed E-state index contributed by atoms with van der Waals surface area (Å²) in [6, 6.07) is 21.9. The highest BCUT2D eigenvalue weighted by Gasteiger charge is 2.47. The predicted molar refractivity (Wildman–Crippen MR) is 141 cm³/mol. The molecule has 6 heteroatoms. The largest absolute Gasteiger partial charge is 0.440 e. The molecule has 3 aliphatic rings. The van der Waals surface area contributed by atoms with Gasteiger partial charge in [0.1, 0.15) is 6.54 Å². The first-order chi connectivity index (χ1) is 17.9. The number of hydrogen-bond acceptors (Lipinski definition) is 2. The quantitative estimate of drug-likeness (QED) is 0.321. The molecule has 1 amide bonds. The second kappa shape index (κ2) is 11.0. The first-order valence-electron chi connectivity index (χ1n) is 13.3. The van der Waals surface area contributed by atoms with Gasteiger partial charge in [0.15, 0.2) is 17.7 Å². The molecule has 2 bridgehead atoms. The second-order valence-electron chi connectivity index (χ2n) is 10.7. The van der Waals surface area contributed by atoms with Crippen molar-refractivity contribution in [2.45, 2.75) is 45.3 Å². The molecule has 0 N–H and O–H groups in total. The van der Waals surface area contributed by atoms with Crippen molar-refractivity contribution in [1.82, 2.24) is 0 Å². The van der Waals surface area contributed by atoms with Crippen LogP contribution in [0.2, 0.25) is 0 Å². The summed E-state index contributed by atoms with van der Waals surface area (Å²) in [5.41, 5.74) is 3.56. The van der Waals surface area contributed by atoms with Crippen LogP contribution in [0, 0.1) is 24.5 Å². The average Bonchev–Trinajstić information content (AvgIpc) is 2.90. The van der Waals surface area contributed by atoms with Crippen LogP contribution < -0.4 is 4.90 Å². The van der Waals surface area contributed by atoms with Gasteiger partial charge in [0, 0.05) is 30.9 Å². The molecule has 0 aromatic heterocycles. The van der Waals surface area contributed by atoms with Gasteiger partial charge in [-0.1, -0.05) is 48.5 Å². The minimum atomic E-state index is -0.922. The van der Waals surface area contributed by atoms with Gasteiger partial charge < -0.3 is 9.22 Å². The van der Waals surface area contributed by atoms with E-state index in [9.17, 15) is 13.6 Å². The van der Waals surface area contributed by atoms with Crippen LogP contribution in [-0.2, 0) is 17.7 Å². The number of fused-ring (bicyclic) bond motifs is 3. The van der Waals surface area contributed by atoms with Crippen LogP contribution in [0.15, 0.2) is 72.8 Å².